The molecule has 114 valence electrons. The maximum absolute atomic E-state index is 12.7. The van der Waals surface area contributed by atoms with E-state index in [1.54, 1.807) is 24.5 Å². The molecule has 0 aliphatic rings. The van der Waals surface area contributed by atoms with E-state index >= 15 is 0 Å². The van der Waals surface area contributed by atoms with E-state index in [2.05, 4.69) is 37.0 Å². The van der Waals surface area contributed by atoms with Crippen molar-refractivity contribution in [3.63, 3.8) is 0 Å². The summed E-state index contributed by atoms with van der Waals surface area (Å²) >= 11 is 0. The van der Waals surface area contributed by atoms with Crippen molar-refractivity contribution in [3.8, 4) is 12.3 Å². The number of aromatic nitrogens is 1. The minimum Gasteiger partial charge on any atom is -0.326 e. The van der Waals surface area contributed by atoms with Crippen molar-refractivity contribution in [2.75, 3.05) is 5.32 Å². The van der Waals surface area contributed by atoms with Gasteiger partial charge < -0.3 is 5.32 Å². The average molecular weight is 286 g/mol. The first-order chi connectivity index (χ1) is 9.76. The molecule has 3 nitrogen and oxygen atoms in total. The quantitative estimate of drug-likeness (QED) is 0.804. The molecule has 2 atom stereocenters. The summed E-state index contributed by atoms with van der Waals surface area (Å²) in [5, 5.41) is 2.98. The molecule has 0 bridgehead atoms. The topological polar surface area (TPSA) is 42.0 Å². The van der Waals surface area contributed by atoms with Gasteiger partial charge in [0.15, 0.2) is 0 Å². The molecule has 1 heterocycles. The highest BCUT2D eigenvalue weighted by Crippen LogP contribution is 2.33. The van der Waals surface area contributed by atoms with Crippen molar-refractivity contribution in [2.24, 2.45) is 23.2 Å². The summed E-state index contributed by atoms with van der Waals surface area (Å²) in [6, 6.07) is 3.59. The number of nitrogens with one attached hydrogen (secondary N) is 1. The van der Waals surface area contributed by atoms with Gasteiger partial charge >= 0.3 is 0 Å². The molecule has 3 heteroatoms. The van der Waals surface area contributed by atoms with Crippen LogP contribution in [0, 0.1) is 35.5 Å². The lowest BCUT2D eigenvalue weighted by molar-refractivity contribution is -0.122. The Morgan fingerprint density at radius 1 is 1.33 bits per heavy atom. The summed E-state index contributed by atoms with van der Waals surface area (Å²) in [4.78, 5) is 16.6. The molecule has 0 saturated heterocycles. The van der Waals surface area contributed by atoms with E-state index in [0.29, 0.717) is 12.3 Å². The molecule has 0 spiro atoms. The summed E-state index contributed by atoms with van der Waals surface area (Å²) in [5.41, 5.74) is 0.484. The maximum atomic E-state index is 12.7. The number of anilines is 1. The SMILES string of the molecule is C#CC(C)(C)C[C@@H](C(=O)Nc1ccncc1)[C@@H](C)C(C)C. The normalized spacial score (nSPS) is 14.3. The van der Waals surface area contributed by atoms with Gasteiger partial charge in [-0.2, -0.15) is 0 Å². The van der Waals surface area contributed by atoms with E-state index in [4.69, 9.17) is 6.42 Å². The molecule has 0 fully saturated rings. The van der Waals surface area contributed by atoms with E-state index < -0.39 is 0 Å². The number of hydrogen-bond donors (Lipinski definition) is 1. The highest BCUT2D eigenvalue weighted by atomic mass is 16.1. The molecule has 0 saturated carbocycles. The van der Waals surface area contributed by atoms with Crippen molar-refractivity contribution in [1.29, 1.82) is 0 Å². The maximum Gasteiger partial charge on any atom is 0.227 e. The zero-order chi connectivity index (χ0) is 16.0. The lowest BCUT2D eigenvalue weighted by Crippen LogP contribution is -2.34. The van der Waals surface area contributed by atoms with Gasteiger partial charge in [0.1, 0.15) is 0 Å². The van der Waals surface area contributed by atoms with Gasteiger partial charge in [-0.3, -0.25) is 9.78 Å². The van der Waals surface area contributed by atoms with E-state index in [1.807, 2.05) is 13.8 Å². The molecular weight excluding hydrogens is 260 g/mol. The number of amides is 1. The van der Waals surface area contributed by atoms with Crippen LogP contribution in [0.2, 0.25) is 0 Å². The Hall–Kier alpha value is -1.82. The van der Waals surface area contributed by atoms with Crippen LogP contribution in [-0.4, -0.2) is 10.9 Å². The van der Waals surface area contributed by atoms with Crippen LogP contribution >= 0.6 is 0 Å². The Morgan fingerprint density at radius 3 is 2.38 bits per heavy atom. The van der Waals surface area contributed by atoms with Crippen LogP contribution in [0.4, 0.5) is 5.69 Å². The number of pyridine rings is 1. The third-order valence-corrected chi connectivity index (χ3v) is 4.09. The summed E-state index contributed by atoms with van der Waals surface area (Å²) in [6.07, 6.45) is 9.61. The Balaban J connectivity index is 2.90. The average Bonchev–Trinajstić information content (AvgIpc) is 2.45. The summed E-state index contributed by atoms with van der Waals surface area (Å²) in [7, 11) is 0. The van der Waals surface area contributed by atoms with Crippen LogP contribution < -0.4 is 5.32 Å². The number of rotatable bonds is 6. The largest absolute Gasteiger partial charge is 0.326 e. The number of carbonyl (C=O) groups excluding carboxylic acids is 1. The fraction of sp³-hybridized carbons (Fsp3) is 0.556. The van der Waals surface area contributed by atoms with Crippen molar-refractivity contribution in [3.05, 3.63) is 24.5 Å². The van der Waals surface area contributed by atoms with Gasteiger partial charge in [-0.15, -0.1) is 12.3 Å². The van der Waals surface area contributed by atoms with Crippen LogP contribution in [-0.2, 0) is 4.79 Å². The first-order valence-corrected chi connectivity index (χ1v) is 7.45. The van der Waals surface area contributed by atoms with E-state index in [1.165, 1.54) is 0 Å². The molecule has 21 heavy (non-hydrogen) atoms. The highest BCUT2D eigenvalue weighted by molar-refractivity contribution is 5.92. The molecule has 1 rings (SSSR count). The van der Waals surface area contributed by atoms with Gasteiger partial charge in [0.05, 0.1) is 0 Å². The summed E-state index contributed by atoms with van der Waals surface area (Å²) in [5.74, 6) is 3.41. The number of nitrogens with zero attached hydrogens (tertiary/aromatic N) is 1. The monoisotopic (exact) mass is 286 g/mol. The van der Waals surface area contributed by atoms with Gasteiger partial charge in [-0.1, -0.05) is 20.8 Å². The zero-order valence-corrected chi connectivity index (χ0v) is 13.7. The molecule has 0 radical (unpaired) electrons. The predicted molar refractivity (Wildman–Crippen MR) is 87.6 cm³/mol. The molecular formula is C18H26N2O. The standard InChI is InChI=1S/C18H26N2O/c1-7-18(5,6)12-16(14(4)13(2)3)17(21)20-15-8-10-19-11-9-15/h1,8-11,13-14,16H,12H2,2-6H3,(H,19,20,21)/t14-,16+/m0/s1. The summed E-state index contributed by atoms with van der Waals surface area (Å²) < 4.78 is 0. The number of hydrogen-bond acceptors (Lipinski definition) is 2. The van der Waals surface area contributed by atoms with Crippen molar-refractivity contribution in [2.45, 2.75) is 41.0 Å². The molecule has 0 aliphatic carbocycles. The molecule has 1 aromatic heterocycles. The Morgan fingerprint density at radius 2 is 1.90 bits per heavy atom. The Labute approximate surface area is 128 Å². The highest BCUT2D eigenvalue weighted by Gasteiger charge is 2.32. The molecule has 0 aromatic carbocycles. The lowest BCUT2D eigenvalue weighted by Gasteiger charge is -2.31. The van der Waals surface area contributed by atoms with Crippen LogP contribution in [0.15, 0.2) is 24.5 Å². The number of carbonyl (C=O) groups is 1. The van der Waals surface area contributed by atoms with Crippen LogP contribution in [0.1, 0.15) is 41.0 Å². The second-order valence-corrected chi connectivity index (χ2v) is 6.67. The third-order valence-electron chi connectivity index (χ3n) is 4.09. The smallest absolute Gasteiger partial charge is 0.227 e. The van der Waals surface area contributed by atoms with Crippen molar-refractivity contribution in [1.82, 2.24) is 4.98 Å². The number of terminal acetylenes is 1. The second-order valence-electron chi connectivity index (χ2n) is 6.67. The Kier molecular flexibility index (Phi) is 5.96. The van der Waals surface area contributed by atoms with Crippen molar-refractivity contribution >= 4 is 11.6 Å². The van der Waals surface area contributed by atoms with Crippen molar-refractivity contribution < 1.29 is 4.79 Å². The molecule has 0 unspecified atom stereocenters. The summed E-state index contributed by atoms with van der Waals surface area (Å²) in [6.45, 7) is 10.4. The van der Waals surface area contributed by atoms with Gasteiger partial charge in [0, 0.05) is 29.4 Å². The van der Waals surface area contributed by atoms with E-state index in [9.17, 15) is 4.79 Å². The van der Waals surface area contributed by atoms with Gasteiger partial charge in [-0.05, 0) is 44.2 Å². The van der Waals surface area contributed by atoms with Crippen LogP contribution in [0.25, 0.3) is 0 Å². The second kappa shape index (κ2) is 7.26. The van der Waals surface area contributed by atoms with Gasteiger partial charge in [0.2, 0.25) is 5.91 Å². The van der Waals surface area contributed by atoms with Gasteiger partial charge in [0.25, 0.3) is 0 Å². The third kappa shape index (κ3) is 5.23. The zero-order valence-electron chi connectivity index (χ0n) is 13.7. The fourth-order valence-corrected chi connectivity index (χ4v) is 2.26. The minimum absolute atomic E-state index is 0.0331. The molecule has 0 aliphatic heterocycles. The van der Waals surface area contributed by atoms with Gasteiger partial charge in [-0.25, -0.2) is 0 Å². The van der Waals surface area contributed by atoms with E-state index in [0.717, 1.165) is 5.69 Å². The molecule has 1 N–H and O–H groups in total. The minimum atomic E-state index is -0.288. The first-order valence-electron chi connectivity index (χ1n) is 7.45. The predicted octanol–water partition coefficient (Wildman–Crippen LogP) is 3.98. The molecule has 1 amide bonds. The fourth-order valence-electron chi connectivity index (χ4n) is 2.26. The lowest BCUT2D eigenvalue weighted by atomic mass is 9.74. The van der Waals surface area contributed by atoms with Crippen LogP contribution in [0.3, 0.4) is 0 Å². The van der Waals surface area contributed by atoms with Crippen LogP contribution in [0.5, 0.6) is 0 Å². The first kappa shape index (κ1) is 17.2. The van der Waals surface area contributed by atoms with E-state index in [-0.39, 0.29) is 23.2 Å². The molecule has 1 aromatic rings. The Bertz CT molecular complexity index is 500.